The predicted octanol–water partition coefficient (Wildman–Crippen LogP) is 1.51. The minimum Gasteiger partial charge on any atom is -0.313 e. The molecule has 2 rings (SSSR count). The summed E-state index contributed by atoms with van der Waals surface area (Å²) in [6.45, 7) is 1.43. The van der Waals surface area contributed by atoms with Crippen LogP contribution in [0.1, 0.15) is 18.4 Å². The Labute approximate surface area is 113 Å². The van der Waals surface area contributed by atoms with E-state index in [1.54, 1.807) is 24.3 Å². The molecule has 0 unspecified atom stereocenters. The van der Waals surface area contributed by atoms with E-state index in [0.717, 1.165) is 19.4 Å². The molecule has 0 amide bonds. The van der Waals surface area contributed by atoms with Crippen molar-refractivity contribution in [2.75, 3.05) is 13.1 Å². The quantitative estimate of drug-likeness (QED) is 0.863. The summed E-state index contributed by atoms with van der Waals surface area (Å²) < 4.78 is 26.4. The molecule has 0 radical (unpaired) electrons. The van der Waals surface area contributed by atoms with E-state index in [0.29, 0.717) is 17.1 Å². The number of sulfonamides is 1. The SMILES string of the molecule is O=S(=O)(Cc1cccc(Cl)c1)NC[C@H]1CCCN1. The van der Waals surface area contributed by atoms with Crippen molar-refractivity contribution in [3.8, 4) is 0 Å². The van der Waals surface area contributed by atoms with Gasteiger partial charge in [0.1, 0.15) is 0 Å². The van der Waals surface area contributed by atoms with Crippen molar-refractivity contribution in [1.82, 2.24) is 10.0 Å². The summed E-state index contributed by atoms with van der Waals surface area (Å²) in [5, 5.41) is 3.81. The first-order chi connectivity index (χ1) is 8.55. The number of halogens is 1. The number of nitrogens with one attached hydrogen (secondary N) is 2. The Bertz CT molecular complexity index is 499. The van der Waals surface area contributed by atoms with Crippen molar-refractivity contribution >= 4 is 21.6 Å². The van der Waals surface area contributed by atoms with E-state index in [4.69, 9.17) is 11.6 Å². The maximum absolute atomic E-state index is 11.9. The van der Waals surface area contributed by atoms with Gasteiger partial charge in [-0.2, -0.15) is 0 Å². The first-order valence-electron chi connectivity index (χ1n) is 6.00. The van der Waals surface area contributed by atoms with Crippen molar-refractivity contribution in [2.24, 2.45) is 0 Å². The van der Waals surface area contributed by atoms with Gasteiger partial charge in [-0.3, -0.25) is 0 Å². The Hall–Kier alpha value is -0.620. The molecular weight excluding hydrogens is 272 g/mol. The molecule has 0 aliphatic carbocycles. The molecule has 0 aromatic heterocycles. The number of rotatable bonds is 5. The van der Waals surface area contributed by atoms with Crippen LogP contribution in [0.3, 0.4) is 0 Å². The number of hydrogen-bond donors (Lipinski definition) is 2. The van der Waals surface area contributed by atoms with Gasteiger partial charge in [0.05, 0.1) is 5.75 Å². The van der Waals surface area contributed by atoms with E-state index < -0.39 is 10.0 Å². The third-order valence-electron chi connectivity index (χ3n) is 2.96. The Kier molecular flexibility index (Phi) is 4.61. The highest BCUT2D eigenvalue weighted by Crippen LogP contribution is 2.13. The molecule has 6 heteroatoms. The molecule has 0 bridgehead atoms. The first kappa shape index (κ1) is 13.8. The molecule has 1 aliphatic rings. The van der Waals surface area contributed by atoms with Crippen LogP contribution in [0.5, 0.6) is 0 Å². The van der Waals surface area contributed by atoms with Crippen molar-refractivity contribution in [1.29, 1.82) is 0 Å². The van der Waals surface area contributed by atoms with Crippen molar-refractivity contribution in [3.05, 3.63) is 34.9 Å². The van der Waals surface area contributed by atoms with Crippen LogP contribution >= 0.6 is 11.6 Å². The maximum Gasteiger partial charge on any atom is 0.215 e. The summed E-state index contributed by atoms with van der Waals surface area (Å²) in [5.41, 5.74) is 0.703. The molecule has 1 aliphatic heterocycles. The van der Waals surface area contributed by atoms with Crippen LogP contribution in [0.4, 0.5) is 0 Å². The van der Waals surface area contributed by atoms with Crippen LogP contribution in [0, 0.1) is 0 Å². The molecule has 1 heterocycles. The third kappa shape index (κ3) is 4.24. The second kappa shape index (κ2) is 6.02. The van der Waals surface area contributed by atoms with Crippen LogP contribution in [0.25, 0.3) is 0 Å². The average Bonchev–Trinajstić information content (AvgIpc) is 2.78. The molecule has 1 fully saturated rings. The molecule has 1 atom stereocenters. The Morgan fingerprint density at radius 2 is 2.28 bits per heavy atom. The fraction of sp³-hybridized carbons (Fsp3) is 0.500. The lowest BCUT2D eigenvalue weighted by atomic mass is 10.2. The maximum atomic E-state index is 11.9. The lowest BCUT2D eigenvalue weighted by Crippen LogP contribution is -2.37. The summed E-state index contributed by atoms with van der Waals surface area (Å²) in [6.07, 6.45) is 2.14. The first-order valence-corrected chi connectivity index (χ1v) is 8.03. The molecule has 1 aromatic rings. The van der Waals surface area contributed by atoms with Crippen LogP contribution in [-0.4, -0.2) is 27.5 Å². The summed E-state index contributed by atoms with van der Waals surface area (Å²) in [4.78, 5) is 0. The largest absolute Gasteiger partial charge is 0.313 e. The van der Waals surface area contributed by atoms with Gasteiger partial charge in [-0.25, -0.2) is 13.1 Å². The topological polar surface area (TPSA) is 58.2 Å². The summed E-state index contributed by atoms with van der Waals surface area (Å²) in [7, 11) is -3.29. The minimum absolute atomic E-state index is 0.0275. The highest BCUT2D eigenvalue weighted by atomic mass is 35.5. The van der Waals surface area contributed by atoms with Gasteiger partial charge < -0.3 is 5.32 Å². The second-order valence-electron chi connectivity index (χ2n) is 4.53. The monoisotopic (exact) mass is 288 g/mol. The summed E-state index contributed by atoms with van der Waals surface area (Å²) >= 11 is 5.83. The lowest BCUT2D eigenvalue weighted by molar-refractivity contribution is 0.551. The highest BCUT2D eigenvalue weighted by Gasteiger charge is 2.17. The van der Waals surface area contributed by atoms with E-state index in [1.807, 2.05) is 0 Å². The molecule has 100 valence electrons. The Balaban J connectivity index is 1.90. The second-order valence-corrected chi connectivity index (χ2v) is 6.77. The zero-order valence-corrected chi connectivity index (χ0v) is 11.6. The summed E-state index contributed by atoms with van der Waals surface area (Å²) in [6, 6.07) is 7.19. The smallest absolute Gasteiger partial charge is 0.215 e. The zero-order valence-electron chi connectivity index (χ0n) is 10.0. The molecule has 0 spiro atoms. The van der Waals surface area contributed by atoms with Gasteiger partial charge in [0, 0.05) is 17.6 Å². The molecular formula is C12H17ClN2O2S. The van der Waals surface area contributed by atoms with Gasteiger partial charge in [0.2, 0.25) is 10.0 Å². The van der Waals surface area contributed by atoms with Gasteiger partial charge in [0.15, 0.2) is 0 Å². The standard InChI is InChI=1S/C12H17ClN2O2S/c13-11-4-1-3-10(7-11)9-18(16,17)15-8-12-5-2-6-14-12/h1,3-4,7,12,14-15H,2,5-6,8-9H2/t12-/m1/s1. The van der Waals surface area contributed by atoms with E-state index in [9.17, 15) is 8.42 Å². The normalized spacial score (nSPS) is 20.2. The van der Waals surface area contributed by atoms with Crippen LogP contribution in [0.2, 0.25) is 5.02 Å². The minimum atomic E-state index is -3.29. The lowest BCUT2D eigenvalue weighted by Gasteiger charge is -2.12. The molecule has 2 N–H and O–H groups in total. The van der Waals surface area contributed by atoms with E-state index in [-0.39, 0.29) is 11.8 Å². The van der Waals surface area contributed by atoms with E-state index in [2.05, 4.69) is 10.0 Å². The third-order valence-corrected chi connectivity index (χ3v) is 4.51. The predicted molar refractivity (Wildman–Crippen MR) is 73.1 cm³/mol. The fourth-order valence-electron chi connectivity index (χ4n) is 2.06. The van der Waals surface area contributed by atoms with Crippen molar-refractivity contribution in [3.63, 3.8) is 0 Å². The van der Waals surface area contributed by atoms with Crippen molar-refractivity contribution in [2.45, 2.75) is 24.6 Å². The van der Waals surface area contributed by atoms with E-state index in [1.165, 1.54) is 0 Å². The van der Waals surface area contributed by atoms with E-state index >= 15 is 0 Å². The highest BCUT2D eigenvalue weighted by molar-refractivity contribution is 7.88. The molecule has 18 heavy (non-hydrogen) atoms. The van der Waals surface area contributed by atoms with Gasteiger partial charge >= 0.3 is 0 Å². The summed E-state index contributed by atoms with van der Waals surface area (Å²) in [5.74, 6) is -0.0275. The van der Waals surface area contributed by atoms with Gasteiger partial charge in [-0.15, -0.1) is 0 Å². The van der Waals surface area contributed by atoms with Gasteiger partial charge in [0.25, 0.3) is 0 Å². The molecule has 1 aromatic carbocycles. The van der Waals surface area contributed by atoms with Gasteiger partial charge in [-0.1, -0.05) is 23.7 Å². The number of benzene rings is 1. The van der Waals surface area contributed by atoms with Crippen LogP contribution in [0.15, 0.2) is 24.3 Å². The average molecular weight is 289 g/mol. The molecule has 1 saturated heterocycles. The fourth-order valence-corrected chi connectivity index (χ4v) is 3.44. The van der Waals surface area contributed by atoms with Crippen LogP contribution in [-0.2, 0) is 15.8 Å². The van der Waals surface area contributed by atoms with Gasteiger partial charge in [-0.05, 0) is 37.1 Å². The van der Waals surface area contributed by atoms with Crippen LogP contribution < -0.4 is 10.0 Å². The molecule has 0 saturated carbocycles. The van der Waals surface area contributed by atoms with Crippen molar-refractivity contribution < 1.29 is 8.42 Å². The Morgan fingerprint density at radius 3 is 2.94 bits per heavy atom. The number of hydrogen-bond acceptors (Lipinski definition) is 3. The Morgan fingerprint density at radius 1 is 1.44 bits per heavy atom. The molecule has 4 nitrogen and oxygen atoms in total. The zero-order chi connectivity index (χ0) is 13.0.